The molecule has 1 aliphatic carbocycles. The summed E-state index contributed by atoms with van der Waals surface area (Å²) in [5.41, 5.74) is -0.823. The molecule has 0 aromatic carbocycles. The van der Waals surface area contributed by atoms with Crippen molar-refractivity contribution < 1.29 is 13.2 Å². The number of nitrogens with one attached hydrogen (secondary N) is 1. The van der Waals surface area contributed by atoms with Gasteiger partial charge in [-0.25, -0.2) is 4.98 Å². The van der Waals surface area contributed by atoms with Crippen molar-refractivity contribution in [3.63, 3.8) is 0 Å². The lowest BCUT2D eigenvalue weighted by Gasteiger charge is -2.27. The Morgan fingerprint density at radius 2 is 2.06 bits per heavy atom. The van der Waals surface area contributed by atoms with E-state index in [0.717, 1.165) is 31.5 Å². The molecular formula is C10H10ClF3N2. The van der Waals surface area contributed by atoms with E-state index in [1.165, 1.54) is 0 Å². The summed E-state index contributed by atoms with van der Waals surface area (Å²) in [7, 11) is 0. The molecule has 0 saturated heterocycles. The van der Waals surface area contributed by atoms with Gasteiger partial charge in [-0.1, -0.05) is 11.6 Å². The summed E-state index contributed by atoms with van der Waals surface area (Å²) < 4.78 is 37.0. The van der Waals surface area contributed by atoms with Crippen LogP contribution in [0.25, 0.3) is 0 Å². The van der Waals surface area contributed by atoms with Gasteiger partial charge >= 0.3 is 6.18 Å². The fourth-order valence-corrected chi connectivity index (χ4v) is 1.67. The quantitative estimate of drug-likeness (QED) is 0.865. The number of hydrogen-bond acceptors (Lipinski definition) is 2. The Hall–Kier alpha value is -0.970. The molecular weight excluding hydrogens is 241 g/mol. The normalized spacial score (nSPS) is 17.0. The molecule has 2 rings (SSSR count). The highest BCUT2D eigenvalue weighted by Crippen LogP contribution is 2.33. The molecule has 1 N–H and O–H groups in total. The Morgan fingerprint density at radius 1 is 1.38 bits per heavy atom. The summed E-state index contributed by atoms with van der Waals surface area (Å²) in [4.78, 5) is 3.70. The predicted molar refractivity (Wildman–Crippen MR) is 55.5 cm³/mol. The average molecular weight is 251 g/mol. The van der Waals surface area contributed by atoms with Crippen LogP contribution in [0.4, 0.5) is 19.0 Å². The Labute approximate surface area is 95.8 Å². The van der Waals surface area contributed by atoms with Crippen molar-refractivity contribution in [3.8, 4) is 0 Å². The highest BCUT2D eigenvalue weighted by molar-refractivity contribution is 6.33. The summed E-state index contributed by atoms with van der Waals surface area (Å²) in [6.07, 6.45) is -0.438. The molecule has 1 heterocycles. The number of hydrogen-bond donors (Lipinski definition) is 1. The van der Waals surface area contributed by atoms with Crippen LogP contribution in [-0.2, 0) is 6.18 Å². The van der Waals surface area contributed by atoms with E-state index in [0.29, 0.717) is 11.9 Å². The van der Waals surface area contributed by atoms with Gasteiger partial charge < -0.3 is 5.32 Å². The van der Waals surface area contributed by atoms with Crippen LogP contribution in [0.5, 0.6) is 0 Å². The lowest BCUT2D eigenvalue weighted by Crippen LogP contribution is -2.27. The van der Waals surface area contributed by atoms with E-state index in [4.69, 9.17) is 11.6 Å². The standard InChI is InChI=1S/C10H10ClF3N2/c11-8-4-6(10(12,13)14)5-15-9(8)16-7-2-1-3-7/h4-5,7H,1-3H2,(H,15,16). The zero-order valence-corrected chi connectivity index (χ0v) is 9.07. The van der Waals surface area contributed by atoms with Crippen LogP contribution in [0.3, 0.4) is 0 Å². The maximum Gasteiger partial charge on any atom is 0.417 e. The molecule has 1 saturated carbocycles. The van der Waals surface area contributed by atoms with Gasteiger partial charge in [-0.15, -0.1) is 0 Å². The summed E-state index contributed by atoms with van der Waals surface area (Å²) in [5.74, 6) is 0.333. The molecule has 1 aromatic rings. The summed E-state index contributed by atoms with van der Waals surface area (Å²) in [6, 6.07) is 1.19. The second-order valence-electron chi connectivity index (χ2n) is 3.82. The topological polar surface area (TPSA) is 24.9 Å². The molecule has 0 unspecified atom stereocenters. The first-order chi connectivity index (χ1) is 7.47. The second-order valence-corrected chi connectivity index (χ2v) is 4.23. The van der Waals surface area contributed by atoms with Gasteiger partial charge in [-0.3, -0.25) is 0 Å². The monoisotopic (exact) mass is 250 g/mol. The first kappa shape index (κ1) is 11.5. The number of halogens is 4. The fourth-order valence-electron chi connectivity index (χ4n) is 1.45. The molecule has 2 nitrogen and oxygen atoms in total. The fraction of sp³-hybridized carbons (Fsp3) is 0.500. The van der Waals surface area contributed by atoms with Gasteiger partial charge in [0.2, 0.25) is 0 Å². The average Bonchev–Trinajstić information content (AvgIpc) is 2.11. The molecule has 0 aliphatic heterocycles. The predicted octanol–water partition coefficient (Wildman–Crippen LogP) is 3.72. The third-order valence-electron chi connectivity index (χ3n) is 2.61. The minimum Gasteiger partial charge on any atom is -0.366 e. The number of rotatable bonds is 2. The van der Waals surface area contributed by atoms with Crippen molar-refractivity contribution in [1.82, 2.24) is 4.98 Å². The molecule has 1 aromatic heterocycles. The van der Waals surface area contributed by atoms with E-state index < -0.39 is 11.7 Å². The highest BCUT2D eigenvalue weighted by atomic mass is 35.5. The van der Waals surface area contributed by atoms with Crippen molar-refractivity contribution >= 4 is 17.4 Å². The van der Waals surface area contributed by atoms with Crippen LogP contribution >= 0.6 is 11.6 Å². The molecule has 0 radical (unpaired) electrons. The van der Waals surface area contributed by atoms with E-state index >= 15 is 0 Å². The summed E-state index contributed by atoms with van der Waals surface area (Å²) >= 11 is 5.74. The third-order valence-corrected chi connectivity index (χ3v) is 2.90. The van der Waals surface area contributed by atoms with E-state index in [1.54, 1.807) is 0 Å². The minimum atomic E-state index is -4.40. The van der Waals surface area contributed by atoms with Gasteiger partial charge in [0.05, 0.1) is 10.6 Å². The van der Waals surface area contributed by atoms with Gasteiger partial charge in [0.15, 0.2) is 0 Å². The van der Waals surface area contributed by atoms with Gasteiger partial charge in [-0.2, -0.15) is 13.2 Å². The third kappa shape index (κ3) is 2.40. The molecule has 0 atom stereocenters. The SMILES string of the molecule is FC(F)(F)c1cnc(NC2CCC2)c(Cl)c1. The lowest BCUT2D eigenvalue weighted by atomic mass is 9.93. The number of nitrogens with zero attached hydrogens (tertiary/aromatic N) is 1. The second kappa shape index (κ2) is 4.13. The Bertz CT molecular complexity index is 388. The first-order valence-electron chi connectivity index (χ1n) is 4.96. The maximum absolute atomic E-state index is 12.3. The van der Waals surface area contributed by atoms with Crippen LogP contribution in [0.2, 0.25) is 5.02 Å². The largest absolute Gasteiger partial charge is 0.417 e. The van der Waals surface area contributed by atoms with Crippen LogP contribution in [-0.4, -0.2) is 11.0 Å². The summed E-state index contributed by atoms with van der Waals surface area (Å²) in [6.45, 7) is 0. The smallest absolute Gasteiger partial charge is 0.366 e. The Balaban J connectivity index is 2.15. The number of alkyl halides is 3. The van der Waals surface area contributed by atoms with Gasteiger partial charge in [-0.05, 0) is 25.3 Å². The molecule has 0 spiro atoms. The molecule has 0 bridgehead atoms. The highest BCUT2D eigenvalue weighted by Gasteiger charge is 2.31. The first-order valence-corrected chi connectivity index (χ1v) is 5.34. The zero-order valence-electron chi connectivity index (χ0n) is 8.31. The van der Waals surface area contributed by atoms with E-state index in [9.17, 15) is 13.2 Å². The Kier molecular flexibility index (Phi) is 2.97. The van der Waals surface area contributed by atoms with Crippen molar-refractivity contribution in [1.29, 1.82) is 0 Å². The number of anilines is 1. The number of aromatic nitrogens is 1. The van der Waals surface area contributed by atoms with E-state index in [2.05, 4.69) is 10.3 Å². The van der Waals surface area contributed by atoms with Crippen LogP contribution in [0.15, 0.2) is 12.3 Å². The molecule has 16 heavy (non-hydrogen) atoms. The van der Waals surface area contributed by atoms with Gasteiger partial charge in [0, 0.05) is 12.2 Å². The Morgan fingerprint density at radius 3 is 2.50 bits per heavy atom. The maximum atomic E-state index is 12.3. The molecule has 6 heteroatoms. The van der Waals surface area contributed by atoms with Crippen molar-refractivity contribution in [2.24, 2.45) is 0 Å². The lowest BCUT2D eigenvalue weighted by molar-refractivity contribution is -0.137. The van der Waals surface area contributed by atoms with Gasteiger partial charge in [0.25, 0.3) is 0 Å². The van der Waals surface area contributed by atoms with E-state index in [1.807, 2.05) is 0 Å². The van der Waals surface area contributed by atoms with Crippen molar-refractivity contribution in [2.75, 3.05) is 5.32 Å². The zero-order chi connectivity index (χ0) is 11.8. The molecule has 1 fully saturated rings. The summed E-state index contributed by atoms with van der Waals surface area (Å²) in [5, 5.41) is 3.03. The number of pyridine rings is 1. The van der Waals surface area contributed by atoms with Crippen molar-refractivity contribution in [2.45, 2.75) is 31.5 Å². The van der Waals surface area contributed by atoms with Gasteiger partial charge in [0.1, 0.15) is 5.82 Å². The minimum absolute atomic E-state index is 0.0155. The van der Waals surface area contributed by atoms with Crippen molar-refractivity contribution in [3.05, 3.63) is 22.8 Å². The van der Waals surface area contributed by atoms with Crippen LogP contribution in [0, 0.1) is 0 Å². The molecule has 1 aliphatic rings. The molecule has 88 valence electrons. The van der Waals surface area contributed by atoms with Crippen LogP contribution < -0.4 is 5.32 Å². The van der Waals surface area contributed by atoms with E-state index in [-0.39, 0.29) is 5.02 Å². The van der Waals surface area contributed by atoms with Crippen LogP contribution in [0.1, 0.15) is 24.8 Å². The molecule has 0 amide bonds.